The second kappa shape index (κ2) is 5.92. The van der Waals surface area contributed by atoms with Gasteiger partial charge in [-0.15, -0.1) is 0 Å². The summed E-state index contributed by atoms with van der Waals surface area (Å²) < 4.78 is 1.03. The van der Waals surface area contributed by atoms with E-state index in [1.807, 2.05) is 54.6 Å². The van der Waals surface area contributed by atoms with Crippen LogP contribution in [0.1, 0.15) is 10.4 Å². The Morgan fingerprint density at radius 1 is 0.952 bits per heavy atom. The third kappa shape index (κ3) is 2.96. The average molecular weight is 359 g/mol. The molecule has 1 N–H and O–H groups in total. The van der Waals surface area contributed by atoms with Crippen molar-refractivity contribution in [3.63, 3.8) is 0 Å². The molecule has 0 spiro atoms. The van der Waals surface area contributed by atoms with Gasteiger partial charge in [0.25, 0.3) is 0 Å². The van der Waals surface area contributed by atoms with Crippen LogP contribution in [0.2, 0.25) is 0 Å². The highest BCUT2D eigenvalue weighted by atomic mass is 79.9. The highest BCUT2D eigenvalue weighted by molar-refractivity contribution is 9.10. The summed E-state index contributed by atoms with van der Waals surface area (Å²) in [6.45, 7) is 0. The zero-order valence-corrected chi connectivity index (χ0v) is 13.3. The number of rotatable bonds is 3. The molecule has 3 aromatic rings. The van der Waals surface area contributed by atoms with E-state index in [2.05, 4.69) is 15.9 Å². The maximum Gasteiger partial charge on any atom is 0.336 e. The van der Waals surface area contributed by atoms with Crippen LogP contribution >= 0.6 is 27.7 Å². The van der Waals surface area contributed by atoms with Gasteiger partial charge in [-0.3, -0.25) is 0 Å². The lowest BCUT2D eigenvalue weighted by molar-refractivity contribution is 0.0699. The molecular formula is C17H11BrO2S. The lowest BCUT2D eigenvalue weighted by Crippen LogP contribution is -1.97. The summed E-state index contributed by atoms with van der Waals surface area (Å²) in [4.78, 5) is 13.5. The van der Waals surface area contributed by atoms with Crippen molar-refractivity contribution in [2.45, 2.75) is 9.79 Å². The van der Waals surface area contributed by atoms with E-state index in [4.69, 9.17) is 0 Å². The van der Waals surface area contributed by atoms with Crippen LogP contribution in [0.5, 0.6) is 0 Å². The largest absolute Gasteiger partial charge is 0.478 e. The molecule has 2 nitrogen and oxygen atoms in total. The first-order valence-corrected chi connectivity index (χ1v) is 7.94. The van der Waals surface area contributed by atoms with Gasteiger partial charge in [-0.05, 0) is 41.1 Å². The fraction of sp³-hybridized carbons (Fsp3) is 0. The molecule has 0 fully saturated rings. The van der Waals surface area contributed by atoms with Crippen molar-refractivity contribution in [2.24, 2.45) is 0 Å². The fourth-order valence-corrected chi connectivity index (χ4v) is 3.77. The number of carboxylic acid groups (broad SMARTS) is 1. The molecule has 0 aliphatic rings. The van der Waals surface area contributed by atoms with Gasteiger partial charge in [0, 0.05) is 14.3 Å². The third-order valence-corrected chi connectivity index (χ3v) is 4.70. The Kier molecular flexibility index (Phi) is 3.99. The van der Waals surface area contributed by atoms with E-state index < -0.39 is 5.97 Å². The van der Waals surface area contributed by atoms with Crippen molar-refractivity contribution in [2.75, 3.05) is 0 Å². The van der Waals surface area contributed by atoms with Crippen molar-refractivity contribution in [1.29, 1.82) is 0 Å². The van der Waals surface area contributed by atoms with Gasteiger partial charge in [0.2, 0.25) is 0 Å². The number of carbonyl (C=O) groups is 1. The first-order chi connectivity index (χ1) is 10.1. The molecule has 104 valence electrons. The second-order valence-electron chi connectivity index (χ2n) is 4.52. The van der Waals surface area contributed by atoms with E-state index >= 15 is 0 Å². The number of carboxylic acids is 1. The van der Waals surface area contributed by atoms with Crippen LogP contribution in [-0.2, 0) is 0 Å². The van der Waals surface area contributed by atoms with Gasteiger partial charge >= 0.3 is 5.97 Å². The summed E-state index contributed by atoms with van der Waals surface area (Å²) in [7, 11) is 0. The highest BCUT2D eigenvalue weighted by Gasteiger charge is 2.11. The van der Waals surface area contributed by atoms with Crippen molar-refractivity contribution in [3.05, 3.63) is 70.7 Å². The maximum atomic E-state index is 11.3. The summed E-state index contributed by atoms with van der Waals surface area (Å²) in [6, 6.07) is 19.2. The standard InChI is InChI=1S/C17H11BrO2S/c18-11-4-3-5-12(10-11)21-16-9-8-15(17(19)20)13-6-1-2-7-14(13)16/h1-10H,(H,19,20). The predicted molar refractivity (Wildman–Crippen MR) is 89.2 cm³/mol. The van der Waals surface area contributed by atoms with Crippen molar-refractivity contribution < 1.29 is 9.90 Å². The molecule has 0 saturated carbocycles. The van der Waals surface area contributed by atoms with E-state index in [0.717, 1.165) is 25.0 Å². The molecule has 0 heterocycles. The molecule has 0 radical (unpaired) electrons. The van der Waals surface area contributed by atoms with Crippen molar-refractivity contribution in [1.82, 2.24) is 0 Å². The van der Waals surface area contributed by atoms with Gasteiger partial charge in [-0.1, -0.05) is 58.0 Å². The molecule has 0 aliphatic heterocycles. The molecular weight excluding hydrogens is 348 g/mol. The molecule has 0 aliphatic carbocycles. The van der Waals surface area contributed by atoms with Crippen LogP contribution in [0.4, 0.5) is 0 Å². The monoisotopic (exact) mass is 358 g/mol. The molecule has 0 saturated heterocycles. The van der Waals surface area contributed by atoms with Crippen molar-refractivity contribution in [3.8, 4) is 0 Å². The fourth-order valence-electron chi connectivity index (χ4n) is 2.20. The van der Waals surface area contributed by atoms with Crippen LogP contribution in [0, 0.1) is 0 Å². The first-order valence-electron chi connectivity index (χ1n) is 6.33. The molecule has 21 heavy (non-hydrogen) atoms. The molecule has 0 bridgehead atoms. The normalized spacial score (nSPS) is 10.7. The van der Waals surface area contributed by atoms with Gasteiger partial charge in [0.1, 0.15) is 0 Å². The smallest absolute Gasteiger partial charge is 0.336 e. The number of fused-ring (bicyclic) bond motifs is 1. The highest BCUT2D eigenvalue weighted by Crippen LogP contribution is 2.35. The van der Waals surface area contributed by atoms with Gasteiger partial charge < -0.3 is 5.11 Å². The Labute approximate surface area is 134 Å². The van der Waals surface area contributed by atoms with Gasteiger partial charge in [-0.25, -0.2) is 4.79 Å². The van der Waals surface area contributed by atoms with Crippen LogP contribution < -0.4 is 0 Å². The van der Waals surface area contributed by atoms with E-state index in [9.17, 15) is 9.90 Å². The number of hydrogen-bond acceptors (Lipinski definition) is 2. The Morgan fingerprint density at radius 2 is 1.71 bits per heavy atom. The number of benzene rings is 3. The summed E-state index contributed by atoms with van der Waals surface area (Å²) >= 11 is 5.09. The molecule has 0 atom stereocenters. The minimum Gasteiger partial charge on any atom is -0.478 e. The topological polar surface area (TPSA) is 37.3 Å². The SMILES string of the molecule is O=C(O)c1ccc(Sc2cccc(Br)c2)c2ccccc12. The average Bonchev–Trinajstić information content (AvgIpc) is 2.47. The maximum absolute atomic E-state index is 11.3. The van der Waals surface area contributed by atoms with Crippen LogP contribution in [0.15, 0.2) is 74.9 Å². The summed E-state index contributed by atoms with van der Waals surface area (Å²) in [5.41, 5.74) is 0.337. The van der Waals surface area contributed by atoms with Crippen LogP contribution in [0.25, 0.3) is 10.8 Å². The lowest BCUT2D eigenvalue weighted by Gasteiger charge is -2.09. The number of halogens is 1. The lowest BCUT2D eigenvalue weighted by atomic mass is 10.0. The van der Waals surface area contributed by atoms with Crippen LogP contribution in [-0.4, -0.2) is 11.1 Å². The Balaban J connectivity index is 2.12. The third-order valence-electron chi connectivity index (χ3n) is 3.14. The summed E-state index contributed by atoms with van der Waals surface area (Å²) in [5.74, 6) is -0.898. The number of hydrogen-bond donors (Lipinski definition) is 1. The molecule has 4 heteroatoms. The van der Waals surface area contributed by atoms with Crippen LogP contribution in [0.3, 0.4) is 0 Å². The van der Waals surface area contributed by atoms with E-state index in [1.54, 1.807) is 17.8 Å². The minimum absolute atomic E-state index is 0.337. The Morgan fingerprint density at radius 3 is 2.43 bits per heavy atom. The first kappa shape index (κ1) is 14.2. The minimum atomic E-state index is -0.898. The molecule has 3 aromatic carbocycles. The quantitative estimate of drug-likeness (QED) is 0.676. The van der Waals surface area contributed by atoms with Gasteiger partial charge in [0.15, 0.2) is 0 Å². The molecule has 0 aromatic heterocycles. The predicted octanol–water partition coefficient (Wildman–Crippen LogP) is 5.45. The van der Waals surface area contributed by atoms with E-state index in [1.165, 1.54) is 0 Å². The Bertz CT molecular complexity index is 830. The molecule has 0 unspecified atom stereocenters. The zero-order valence-electron chi connectivity index (χ0n) is 10.9. The number of aromatic carboxylic acids is 1. The summed E-state index contributed by atoms with van der Waals surface area (Å²) in [6.07, 6.45) is 0. The van der Waals surface area contributed by atoms with Gasteiger partial charge in [-0.2, -0.15) is 0 Å². The Hall–Kier alpha value is -1.78. The molecule has 0 amide bonds. The summed E-state index contributed by atoms with van der Waals surface area (Å²) in [5, 5.41) is 11.0. The van der Waals surface area contributed by atoms with Gasteiger partial charge in [0.05, 0.1) is 5.56 Å². The van der Waals surface area contributed by atoms with E-state index in [-0.39, 0.29) is 0 Å². The molecule has 3 rings (SSSR count). The van der Waals surface area contributed by atoms with Crippen molar-refractivity contribution >= 4 is 44.4 Å². The van der Waals surface area contributed by atoms with E-state index in [0.29, 0.717) is 5.56 Å². The second-order valence-corrected chi connectivity index (χ2v) is 6.55. The zero-order chi connectivity index (χ0) is 14.8.